The van der Waals surface area contributed by atoms with Crippen molar-refractivity contribution in [3.63, 3.8) is 0 Å². The van der Waals surface area contributed by atoms with Gasteiger partial charge < -0.3 is 28.8 Å². The summed E-state index contributed by atoms with van der Waals surface area (Å²) in [5.74, 6) is 5.06. The molecule has 1 heterocycles. The first-order valence-electron chi connectivity index (χ1n) is 7.12. The van der Waals surface area contributed by atoms with E-state index in [9.17, 15) is 18.9 Å². The van der Waals surface area contributed by atoms with Gasteiger partial charge >= 0.3 is 15.4 Å². The van der Waals surface area contributed by atoms with Gasteiger partial charge in [-0.1, -0.05) is 12.0 Å². The Balaban J connectivity index is 2.84. The van der Waals surface area contributed by atoms with Crippen molar-refractivity contribution >= 4 is 32.1 Å². The van der Waals surface area contributed by atoms with Crippen molar-refractivity contribution in [3.05, 3.63) is 12.2 Å². The molecule has 25 heavy (non-hydrogen) atoms. The predicted octanol–water partition coefficient (Wildman–Crippen LogP) is 0.831. The van der Waals surface area contributed by atoms with E-state index >= 15 is 0 Å². The van der Waals surface area contributed by atoms with Gasteiger partial charge in [-0.25, -0.2) is 4.57 Å². The zero-order chi connectivity index (χ0) is 19.3. The number of allylic oxidation sites excluding steroid dienone is 1. The van der Waals surface area contributed by atoms with E-state index in [-0.39, 0.29) is 13.0 Å². The second kappa shape index (κ2) is 9.26. The van der Waals surface area contributed by atoms with Crippen LogP contribution >= 0.6 is 24.2 Å². The monoisotopic (exact) mass is 412 g/mol. The van der Waals surface area contributed by atoms with Gasteiger partial charge in [-0.3, -0.25) is 9.09 Å². The molecule has 4 N–H and O–H groups in total. The third kappa shape index (κ3) is 7.62. The summed E-state index contributed by atoms with van der Waals surface area (Å²) in [4.78, 5) is 36.9. The molecule has 1 aliphatic heterocycles. The van der Waals surface area contributed by atoms with E-state index in [1.165, 1.54) is 19.1 Å². The van der Waals surface area contributed by atoms with Crippen LogP contribution in [0.3, 0.4) is 0 Å². The molecule has 1 fully saturated rings. The molecule has 13 heteroatoms. The SMILES string of the molecule is [B]C1CC(P(=O)(O)O)C(COPC(C#CC)(C=CC)OP(=O)(O)O)O1. The van der Waals surface area contributed by atoms with Crippen LogP contribution in [-0.4, -0.2) is 57.1 Å². The van der Waals surface area contributed by atoms with Crippen LogP contribution in [0.15, 0.2) is 12.2 Å². The lowest BCUT2D eigenvalue weighted by atomic mass is 9.97. The van der Waals surface area contributed by atoms with E-state index in [2.05, 4.69) is 11.8 Å². The van der Waals surface area contributed by atoms with Gasteiger partial charge in [0.05, 0.1) is 27.2 Å². The van der Waals surface area contributed by atoms with Crippen molar-refractivity contribution in [2.45, 2.75) is 43.4 Å². The normalized spacial score (nSPS) is 27.5. The van der Waals surface area contributed by atoms with Crippen LogP contribution in [0.2, 0.25) is 0 Å². The second-order valence-electron chi connectivity index (χ2n) is 5.21. The van der Waals surface area contributed by atoms with E-state index in [1.807, 2.05) is 0 Å². The molecule has 0 amide bonds. The fourth-order valence-corrected chi connectivity index (χ4v) is 5.21. The maximum Gasteiger partial charge on any atom is 0.471 e. The average Bonchev–Trinajstić information content (AvgIpc) is 2.78. The highest BCUT2D eigenvalue weighted by atomic mass is 31.2. The minimum atomic E-state index is -4.86. The third-order valence-corrected chi connectivity index (χ3v) is 6.24. The fourth-order valence-electron chi connectivity index (χ4n) is 2.28. The summed E-state index contributed by atoms with van der Waals surface area (Å²) >= 11 is 0. The van der Waals surface area contributed by atoms with Crippen molar-refractivity contribution < 1.29 is 42.5 Å². The predicted molar refractivity (Wildman–Crippen MR) is 93.3 cm³/mol. The van der Waals surface area contributed by atoms with Crippen molar-refractivity contribution in [2.24, 2.45) is 0 Å². The Bertz CT molecular complexity index is 633. The summed E-state index contributed by atoms with van der Waals surface area (Å²) in [5, 5.41) is -1.68. The molecule has 0 spiro atoms. The Morgan fingerprint density at radius 1 is 1.40 bits per heavy atom. The molecule has 0 aromatic heterocycles. The molecule has 0 aromatic rings. The van der Waals surface area contributed by atoms with Gasteiger partial charge in [0, 0.05) is 6.00 Å². The molecule has 140 valence electrons. The summed E-state index contributed by atoms with van der Waals surface area (Å²) in [6.45, 7) is 2.84. The van der Waals surface area contributed by atoms with Crippen molar-refractivity contribution in [1.29, 1.82) is 0 Å². The third-order valence-electron chi connectivity index (χ3n) is 3.13. The first-order chi connectivity index (χ1) is 11.4. The minimum absolute atomic E-state index is 0.0187. The topological polar surface area (TPSA) is 143 Å². The van der Waals surface area contributed by atoms with Crippen LogP contribution in [0.25, 0.3) is 0 Å². The smallest absolute Gasteiger partial charge is 0.381 e. The van der Waals surface area contributed by atoms with Crippen LogP contribution in [-0.2, 0) is 22.9 Å². The first-order valence-corrected chi connectivity index (χ1v) is 11.2. The van der Waals surface area contributed by atoms with Crippen molar-refractivity contribution in [3.8, 4) is 11.8 Å². The van der Waals surface area contributed by atoms with E-state index in [0.29, 0.717) is 0 Å². The van der Waals surface area contributed by atoms with Crippen LogP contribution < -0.4 is 0 Å². The molecule has 1 aliphatic rings. The summed E-state index contributed by atoms with van der Waals surface area (Å²) in [7, 11) is -4.40. The molecule has 1 rings (SSSR count). The zero-order valence-electron chi connectivity index (χ0n) is 13.6. The summed E-state index contributed by atoms with van der Waals surface area (Å²) in [6, 6.07) is -0.823. The van der Waals surface area contributed by atoms with Gasteiger partial charge in [-0.05, 0) is 26.3 Å². The Kier molecular flexibility index (Phi) is 8.52. The van der Waals surface area contributed by atoms with Crippen LogP contribution in [0.5, 0.6) is 0 Å². The Morgan fingerprint density at radius 3 is 2.52 bits per heavy atom. The lowest BCUT2D eigenvalue weighted by molar-refractivity contribution is 0.0523. The number of ether oxygens (including phenoxy) is 1. The van der Waals surface area contributed by atoms with Crippen molar-refractivity contribution in [1.82, 2.24) is 0 Å². The van der Waals surface area contributed by atoms with E-state index in [0.717, 1.165) is 0 Å². The molecule has 0 bridgehead atoms. The van der Waals surface area contributed by atoms with E-state index < -0.39 is 47.3 Å². The van der Waals surface area contributed by atoms with Crippen LogP contribution in [0.4, 0.5) is 0 Å². The lowest BCUT2D eigenvalue weighted by Crippen LogP contribution is -2.28. The molecule has 0 saturated carbocycles. The molecular weight excluding hydrogens is 392 g/mol. The highest BCUT2D eigenvalue weighted by molar-refractivity contribution is 7.52. The molecule has 2 radical (unpaired) electrons. The maximum atomic E-state index is 11.5. The highest BCUT2D eigenvalue weighted by Crippen LogP contribution is 2.51. The van der Waals surface area contributed by atoms with E-state index in [4.69, 9.17) is 31.4 Å². The molecule has 0 aliphatic carbocycles. The van der Waals surface area contributed by atoms with Gasteiger partial charge in [-0.2, -0.15) is 0 Å². The Hall–Kier alpha value is -0.0251. The van der Waals surface area contributed by atoms with Gasteiger partial charge in [0.15, 0.2) is 5.34 Å². The van der Waals surface area contributed by atoms with Gasteiger partial charge in [-0.15, -0.1) is 5.92 Å². The van der Waals surface area contributed by atoms with Gasteiger partial charge in [0.1, 0.15) is 7.85 Å². The fraction of sp³-hybridized carbons (Fsp3) is 0.667. The zero-order valence-corrected chi connectivity index (χ0v) is 16.4. The second-order valence-corrected chi connectivity index (χ2v) is 9.45. The number of hydrogen-bond acceptors (Lipinski definition) is 5. The average molecular weight is 412 g/mol. The number of rotatable bonds is 8. The Labute approximate surface area is 149 Å². The molecule has 5 unspecified atom stereocenters. The maximum absolute atomic E-state index is 11.5. The quantitative estimate of drug-likeness (QED) is 0.197. The first kappa shape index (κ1) is 23.0. The van der Waals surface area contributed by atoms with Crippen LogP contribution in [0.1, 0.15) is 20.3 Å². The minimum Gasteiger partial charge on any atom is -0.381 e. The number of hydrogen-bond donors (Lipinski definition) is 4. The number of phosphoric acid groups is 1. The largest absolute Gasteiger partial charge is 0.471 e. The molecule has 9 nitrogen and oxygen atoms in total. The number of phosphoric ester groups is 1. The Morgan fingerprint density at radius 2 is 2.04 bits per heavy atom. The standard InChI is InChI=1S/C12H20BO9P3/c1-3-5-12(6-4-2,22-25(17,18)19)23-20-8-9-10(24(14,15)16)7-11(13)21-9/h3,5,9-11,23H,7-8H2,1-2H3,(H2,14,15,16)(H2,17,18,19). The molecular formula is C12H20BO9P3. The summed E-state index contributed by atoms with van der Waals surface area (Å²) in [6.07, 6.45) is 1.87. The summed E-state index contributed by atoms with van der Waals surface area (Å²) < 4.78 is 38.1. The van der Waals surface area contributed by atoms with Crippen molar-refractivity contribution in [2.75, 3.05) is 6.61 Å². The highest BCUT2D eigenvalue weighted by Gasteiger charge is 2.44. The molecule has 0 aromatic carbocycles. The van der Waals surface area contributed by atoms with Gasteiger partial charge in [0.25, 0.3) is 0 Å². The molecule has 5 atom stereocenters. The lowest BCUT2D eigenvalue weighted by Gasteiger charge is -2.26. The van der Waals surface area contributed by atoms with Gasteiger partial charge in [0.2, 0.25) is 0 Å². The summed E-state index contributed by atoms with van der Waals surface area (Å²) in [5.41, 5.74) is -1.11. The molecule has 1 saturated heterocycles. The van der Waals surface area contributed by atoms with Crippen LogP contribution in [0, 0.1) is 11.8 Å². The van der Waals surface area contributed by atoms with E-state index in [1.54, 1.807) is 6.92 Å².